The van der Waals surface area contributed by atoms with Crippen LogP contribution in [0.1, 0.15) is 55.8 Å². The summed E-state index contributed by atoms with van der Waals surface area (Å²) in [6, 6.07) is 6.73. The first-order chi connectivity index (χ1) is 12.0. The second-order valence-corrected chi connectivity index (χ2v) is 6.52. The van der Waals surface area contributed by atoms with E-state index in [9.17, 15) is 19.5 Å². The van der Waals surface area contributed by atoms with Crippen LogP contribution < -0.4 is 10.6 Å². The van der Waals surface area contributed by atoms with Gasteiger partial charge in [0.15, 0.2) is 0 Å². The average Bonchev–Trinajstić information content (AvgIpc) is 2.62. The van der Waals surface area contributed by atoms with Crippen LogP contribution in [0.3, 0.4) is 0 Å². The Labute approximate surface area is 148 Å². The van der Waals surface area contributed by atoms with Crippen molar-refractivity contribution >= 4 is 23.5 Å². The van der Waals surface area contributed by atoms with Crippen LogP contribution in [-0.2, 0) is 9.59 Å². The largest absolute Gasteiger partial charge is 0.481 e. The minimum atomic E-state index is -0.913. The number of anilines is 1. The molecule has 0 heterocycles. The maximum absolute atomic E-state index is 12.5. The van der Waals surface area contributed by atoms with Gasteiger partial charge in [-0.15, -0.1) is 0 Å². The number of carbonyl (C=O) groups is 3. The summed E-state index contributed by atoms with van der Waals surface area (Å²) < 4.78 is 0. The molecule has 0 spiro atoms. The molecule has 6 heteroatoms. The average molecular weight is 346 g/mol. The lowest BCUT2D eigenvalue weighted by molar-refractivity contribution is -0.147. The molecule has 0 radical (unpaired) electrons. The van der Waals surface area contributed by atoms with Gasteiger partial charge in [0.2, 0.25) is 5.91 Å². The zero-order chi connectivity index (χ0) is 18.2. The number of rotatable bonds is 7. The Morgan fingerprint density at radius 1 is 1.16 bits per heavy atom. The van der Waals surface area contributed by atoms with E-state index in [1.54, 1.807) is 24.3 Å². The van der Waals surface area contributed by atoms with E-state index in [1.807, 2.05) is 0 Å². The van der Waals surface area contributed by atoms with Crippen molar-refractivity contribution in [1.82, 2.24) is 5.32 Å². The molecule has 1 fully saturated rings. The molecule has 25 heavy (non-hydrogen) atoms. The lowest BCUT2D eigenvalue weighted by Crippen LogP contribution is -2.36. The summed E-state index contributed by atoms with van der Waals surface area (Å²) in [6.45, 7) is 2.67. The van der Waals surface area contributed by atoms with Crippen molar-refractivity contribution < 1.29 is 19.5 Å². The minimum absolute atomic E-state index is 0.175. The first-order valence-corrected chi connectivity index (χ1v) is 8.95. The van der Waals surface area contributed by atoms with E-state index in [2.05, 4.69) is 17.6 Å². The Hall–Kier alpha value is -2.37. The van der Waals surface area contributed by atoms with E-state index < -0.39 is 17.8 Å². The van der Waals surface area contributed by atoms with E-state index in [0.29, 0.717) is 30.6 Å². The SMILES string of the molecule is CCCCNC(=O)c1cccc(NC(=O)[C@H]2CCCC[C@H]2C(=O)O)c1. The zero-order valence-electron chi connectivity index (χ0n) is 14.6. The van der Waals surface area contributed by atoms with Crippen molar-refractivity contribution in [2.24, 2.45) is 11.8 Å². The minimum Gasteiger partial charge on any atom is -0.481 e. The van der Waals surface area contributed by atoms with Gasteiger partial charge in [-0.05, 0) is 37.5 Å². The van der Waals surface area contributed by atoms with Gasteiger partial charge in [-0.25, -0.2) is 0 Å². The zero-order valence-corrected chi connectivity index (χ0v) is 14.6. The number of amides is 2. The number of hydrogen-bond donors (Lipinski definition) is 3. The van der Waals surface area contributed by atoms with Crippen LogP contribution in [0, 0.1) is 11.8 Å². The van der Waals surface area contributed by atoms with Crippen molar-refractivity contribution in [2.45, 2.75) is 45.4 Å². The highest BCUT2D eigenvalue weighted by Gasteiger charge is 2.35. The molecule has 6 nitrogen and oxygen atoms in total. The Balaban J connectivity index is 2.02. The third-order valence-electron chi connectivity index (χ3n) is 4.63. The normalized spacial score (nSPS) is 19.9. The van der Waals surface area contributed by atoms with Crippen molar-refractivity contribution in [2.75, 3.05) is 11.9 Å². The van der Waals surface area contributed by atoms with Gasteiger partial charge in [0, 0.05) is 17.8 Å². The summed E-state index contributed by atoms with van der Waals surface area (Å²) in [7, 11) is 0. The molecule has 1 aromatic carbocycles. The monoisotopic (exact) mass is 346 g/mol. The molecule has 0 aromatic heterocycles. The molecular formula is C19H26N2O4. The Morgan fingerprint density at radius 3 is 2.56 bits per heavy atom. The molecule has 1 saturated carbocycles. The van der Waals surface area contributed by atoms with Crippen LogP contribution in [0.5, 0.6) is 0 Å². The molecule has 0 aliphatic heterocycles. The molecule has 0 saturated heterocycles. The summed E-state index contributed by atoms with van der Waals surface area (Å²) in [6.07, 6.45) is 4.74. The number of carbonyl (C=O) groups excluding carboxylic acids is 2. The van der Waals surface area contributed by atoms with Gasteiger partial charge in [0.1, 0.15) is 0 Å². The molecule has 2 rings (SSSR count). The second kappa shape index (κ2) is 9.20. The number of carboxylic acid groups (broad SMARTS) is 1. The summed E-state index contributed by atoms with van der Waals surface area (Å²) >= 11 is 0. The number of aliphatic carboxylic acids is 1. The topological polar surface area (TPSA) is 95.5 Å². The molecule has 2 amide bonds. The molecule has 0 bridgehead atoms. The maximum atomic E-state index is 12.5. The number of benzene rings is 1. The van der Waals surface area contributed by atoms with Gasteiger partial charge in [-0.2, -0.15) is 0 Å². The van der Waals surface area contributed by atoms with Crippen LogP contribution in [0.25, 0.3) is 0 Å². The van der Waals surface area contributed by atoms with Crippen LogP contribution in [0.2, 0.25) is 0 Å². The predicted octanol–water partition coefficient (Wildman–Crippen LogP) is 3.05. The number of unbranched alkanes of at least 4 members (excludes halogenated alkanes) is 1. The molecule has 2 atom stereocenters. The fraction of sp³-hybridized carbons (Fsp3) is 0.526. The molecule has 136 valence electrons. The number of carboxylic acids is 1. The Bertz CT molecular complexity index is 630. The third kappa shape index (κ3) is 5.31. The van der Waals surface area contributed by atoms with Crippen LogP contribution in [-0.4, -0.2) is 29.4 Å². The number of nitrogens with one attached hydrogen (secondary N) is 2. The summed E-state index contributed by atoms with van der Waals surface area (Å²) in [5.74, 6) is -2.52. The van der Waals surface area contributed by atoms with E-state index in [-0.39, 0.29) is 11.8 Å². The maximum Gasteiger partial charge on any atom is 0.307 e. The molecule has 0 unspecified atom stereocenters. The molecule has 1 aromatic rings. The molecule has 3 N–H and O–H groups in total. The fourth-order valence-corrected chi connectivity index (χ4v) is 3.19. The van der Waals surface area contributed by atoms with E-state index in [0.717, 1.165) is 25.7 Å². The van der Waals surface area contributed by atoms with Crippen LogP contribution in [0.4, 0.5) is 5.69 Å². The van der Waals surface area contributed by atoms with Crippen LogP contribution in [0.15, 0.2) is 24.3 Å². The van der Waals surface area contributed by atoms with E-state index in [4.69, 9.17) is 0 Å². The standard InChI is InChI=1S/C19H26N2O4/c1-2-3-11-20-17(22)13-7-6-8-14(12-13)21-18(23)15-9-4-5-10-16(15)19(24)25/h6-8,12,15-16H,2-5,9-11H2,1H3,(H,20,22)(H,21,23)(H,24,25)/t15-,16+/m0/s1. The predicted molar refractivity (Wildman–Crippen MR) is 95.4 cm³/mol. The van der Waals surface area contributed by atoms with Gasteiger partial charge >= 0.3 is 5.97 Å². The Kier molecular flexibility index (Phi) is 6.98. The lowest BCUT2D eigenvalue weighted by Gasteiger charge is -2.27. The van der Waals surface area contributed by atoms with E-state index >= 15 is 0 Å². The molecule has 1 aliphatic rings. The van der Waals surface area contributed by atoms with Gasteiger partial charge in [-0.3, -0.25) is 14.4 Å². The highest BCUT2D eigenvalue weighted by Crippen LogP contribution is 2.31. The van der Waals surface area contributed by atoms with Gasteiger partial charge < -0.3 is 15.7 Å². The van der Waals surface area contributed by atoms with Crippen molar-refractivity contribution in [3.05, 3.63) is 29.8 Å². The van der Waals surface area contributed by atoms with Gasteiger partial charge in [0.25, 0.3) is 5.91 Å². The Morgan fingerprint density at radius 2 is 1.88 bits per heavy atom. The summed E-state index contributed by atoms with van der Waals surface area (Å²) in [5.41, 5.74) is 0.996. The fourth-order valence-electron chi connectivity index (χ4n) is 3.19. The van der Waals surface area contributed by atoms with Crippen LogP contribution >= 0.6 is 0 Å². The highest BCUT2D eigenvalue weighted by molar-refractivity contribution is 5.98. The van der Waals surface area contributed by atoms with Gasteiger partial charge in [0.05, 0.1) is 11.8 Å². The molecular weight excluding hydrogens is 320 g/mol. The van der Waals surface area contributed by atoms with Crippen molar-refractivity contribution in [3.8, 4) is 0 Å². The summed E-state index contributed by atoms with van der Waals surface area (Å²) in [4.78, 5) is 36.0. The lowest BCUT2D eigenvalue weighted by atomic mass is 9.78. The van der Waals surface area contributed by atoms with Crippen molar-refractivity contribution in [3.63, 3.8) is 0 Å². The first-order valence-electron chi connectivity index (χ1n) is 8.95. The molecule has 1 aliphatic carbocycles. The smallest absolute Gasteiger partial charge is 0.307 e. The quantitative estimate of drug-likeness (QED) is 0.661. The van der Waals surface area contributed by atoms with Crippen molar-refractivity contribution in [1.29, 1.82) is 0 Å². The first kappa shape index (κ1) is 19.0. The summed E-state index contributed by atoms with van der Waals surface area (Å²) in [5, 5.41) is 14.9. The van der Waals surface area contributed by atoms with Gasteiger partial charge in [-0.1, -0.05) is 32.3 Å². The number of hydrogen-bond acceptors (Lipinski definition) is 3. The third-order valence-corrected chi connectivity index (χ3v) is 4.63. The second-order valence-electron chi connectivity index (χ2n) is 6.52. The van der Waals surface area contributed by atoms with E-state index in [1.165, 1.54) is 0 Å². The highest BCUT2D eigenvalue weighted by atomic mass is 16.4.